The Balaban J connectivity index is 1.54. The van der Waals surface area contributed by atoms with Gasteiger partial charge in [0.15, 0.2) is 0 Å². The zero-order chi connectivity index (χ0) is 16.0. The molecule has 1 spiro atoms. The standard InChI is InChI=1S/C19H25ClN2O/c1-13(15-4-2-3-5-17(15)20)22(14-6-7-14)18(23)16-12-19(16)8-10-21-11-9-19/h2-5,13-14,16,21H,6-12H2,1H3. The van der Waals surface area contributed by atoms with Crippen LogP contribution >= 0.6 is 11.6 Å². The second kappa shape index (κ2) is 5.78. The van der Waals surface area contributed by atoms with Gasteiger partial charge < -0.3 is 10.2 Å². The number of nitrogens with one attached hydrogen (secondary N) is 1. The predicted octanol–water partition coefficient (Wildman–Crippen LogP) is 3.78. The Labute approximate surface area is 143 Å². The van der Waals surface area contributed by atoms with Gasteiger partial charge >= 0.3 is 0 Å². The summed E-state index contributed by atoms with van der Waals surface area (Å²) in [4.78, 5) is 15.4. The van der Waals surface area contributed by atoms with Crippen LogP contribution in [0.25, 0.3) is 0 Å². The number of amides is 1. The number of hydrogen-bond acceptors (Lipinski definition) is 2. The second-order valence-corrected chi connectivity index (χ2v) is 7.95. The molecule has 1 aliphatic heterocycles. The van der Waals surface area contributed by atoms with E-state index in [2.05, 4.69) is 23.2 Å². The van der Waals surface area contributed by atoms with E-state index in [1.807, 2.05) is 18.2 Å². The number of hydrogen-bond donors (Lipinski definition) is 1. The fraction of sp³-hybridized carbons (Fsp3) is 0.632. The Kier molecular flexibility index (Phi) is 3.89. The topological polar surface area (TPSA) is 32.3 Å². The quantitative estimate of drug-likeness (QED) is 0.910. The summed E-state index contributed by atoms with van der Waals surface area (Å²) in [6.07, 6.45) is 5.68. The Morgan fingerprint density at radius 1 is 1.30 bits per heavy atom. The number of carbonyl (C=O) groups excluding carboxylic acids is 1. The van der Waals surface area contributed by atoms with Crippen LogP contribution in [0.5, 0.6) is 0 Å². The molecule has 2 atom stereocenters. The molecule has 0 radical (unpaired) electrons. The second-order valence-electron chi connectivity index (χ2n) is 7.54. The summed E-state index contributed by atoms with van der Waals surface area (Å²) < 4.78 is 0. The van der Waals surface area contributed by atoms with Crippen LogP contribution in [0.2, 0.25) is 5.02 Å². The van der Waals surface area contributed by atoms with E-state index in [1.165, 1.54) is 0 Å². The highest BCUT2D eigenvalue weighted by molar-refractivity contribution is 6.31. The Hall–Kier alpha value is -1.06. The summed E-state index contributed by atoms with van der Waals surface area (Å²) >= 11 is 6.38. The fourth-order valence-corrected chi connectivity index (χ4v) is 4.65. The smallest absolute Gasteiger partial charge is 0.227 e. The van der Waals surface area contributed by atoms with E-state index in [1.54, 1.807) is 0 Å². The van der Waals surface area contributed by atoms with E-state index in [0.717, 1.165) is 55.8 Å². The molecule has 23 heavy (non-hydrogen) atoms. The van der Waals surface area contributed by atoms with Crippen LogP contribution in [-0.4, -0.2) is 29.9 Å². The van der Waals surface area contributed by atoms with Crippen LogP contribution in [0.1, 0.15) is 50.6 Å². The van der Waals surface area contributed by atoms with Crippen molar-refractivity contribution in [1.29, 1.82) is 0 Å². The first-order valence-electron chi connectivity index (χ1n) is 8.90. The van der Waals surface area contributed by atoms with Crippen molar-refractivity contribution in [3.8, 4) is 0 Å². The number of piperidine rings is 1. The van der Waals surface area contributed by atoms with E-state index in [0.29, 0.717) is 17.4 Å². The van der Waals surface area contributed by atoms with Gasteiger partial charge in [-0.05, 0) is 69.2 Å². The highest BCUT2D eigenvalue weighted by Crippen LogP contribution is 2.60. The van der Waals surface area contributed by atoms with Crippen molar-refractivity contribution in [3.63, 3.8) is 0 Å². The molecule has 4 heteroatoms. The number of benzene rings is 1. The molecule has 124 valence electrons. The monoisotopic (exact) mass is 332 g/mol. The van der Waals surface area contributed by atoms with Gasteiger partial charge in [-0.2, -0.15) is 0 Å². The first kappa shape index (κ1) is 15.5. The fourth-order valence-electron chi connectivity index (χ4n) is 4.36. The van der Waals surface area contributed by atoms with E-state index in [4.69, 9.17) is 11.6 Å². The molecule has 1 amide bonds. The number of carbonyl (C=O) groups is 1. The molecule has 1 aromatic rings. The van der Waals surface area contributed by atoms with E-state index in [9.17, 15) is 4.79 Å². The summed E-state index contributed by atoms with van der Waals surface area (Å²) in [5, 5.41) is 4.19. The van der Waals surface area contributed by atoms with Crippen molar-refractivity contribution in [2.45, 2.75) is 51.1 Å². The van der Waals surface area contributed by atoms with Crippen molar-refractivity contribution in [2.75, 3.05) is 13.1 Å². The lowest BCUT2D eigenvalue weighted by molar-refractivity contribution is -0.136. The summed E-state index contributed by atoms with van der Waals surface area (Å²) in [5.41, 5.74) is 1.38. The van der Waals surface area contributed by atoms with Crippen molar-refractivity contribution in [1.82, 2.24) is 10.2 Å². The summed E-state index contributed by atoms with van der Waals surface area (Å²) in [6.45, 7) is 4.26. The summed E-state index contributed by atoms with van der Waals surface area (Å²) in [6, 6.07) is 8.44. The zero-order valence-corrected chi connectivity index (χ0v) is 14.5. The normalized spacial score (nSPS) is 26.8. The van der Waals surface area contributed by atoms with Crippen LogP contribution in [0, 0.1) is 11.3 Å². The molecule has 1 saturated heterocycles. The third-order valence-electron chi connectivity index (χ3n) is 6.05. The highest BCUT2D eigenvalue weighted by Gasteiger charge is 2.59. The number of halogens is 1. The predicted molar refractivity (Wildman–Crippen MR) is 92.4 cm³/mol. The molecule has 0 aromatic heterocycles. The largest absolute Gasteiger partial charge is 0.333 e. The minimum absolute atomic E-state index is 0.0723. The molecule has 1 N–H and O–H groups in total. The maximum atomic E-state index is 13.2. The maximum Gasteiger partial charge on any atom is 0.227 e. The Morgan fingerprint density at radius 3 is 2.65 bits per heavy atom. The summed E-state index contributed by atoms with van der Waals surface area (Å²) in [5.74, 6) is 0.622. The number of rotatable bonds is 4. The van der Waals surface area contributed by atoms with Crippen molar-refractivity contribution in [3.05, 3.63) is 34.9 Å². The molecule has 2 aliphatic carbocycles. The molecule has 4 rings (SSSR count). The molecular formula is C19H25ClN2O. The Morgan fingerprint density at radius 2 is 2.00 bits per heavy atom. The molecule has 1 heterocycles. The SMILES string of the molecule is CC(c1ccccc1Cl)N(C(=O)C1CC12CCNCC2)C1CC1. The van der Waals surface area contributed by atoms with Gasteiger partial charge in [0, 0.05) is 17.0 Å². The first-order chi connectivity index (χ1) is 11.1. The lowest BCUT2D eigenvalue weighted by Gasteiger charge is -2.32. The van der Waals surface area contributed by atoms with Crippen molar-refractivity contribution >= 4 is 17.5 Å². The highest BCUT2D eigenvalue weighted by atomic mass is 35.5. The van der Waals surface area contributed by atoms with Crippen LogP contribution in [0.4, 0.5) is 0 Å². The maximum absolute atomic E-state index is 13.2. The average Bonchev–Trinajstić information content (AvgIpc) is 3.47. The van der Waals surface area contributed by atoms with Crippen LogP contribution in [0.3, 0.4) is 0 Å². The van der Waals surface area contributed by atoms with Crippen LogP contribution in [0.15, 0.2) is 24.3 Å². The Bertz CT molecular complexity index is 607. The van der Waals surface area contributed by atoms with Gasteiger partial charge in [0.2, 0.25) is 5.91 Å². The third-order valence-corrected chi connectivity index (χ3v) is 6.40. The molecular weight excluding hydrogens is 308 g/mol. The lowest BCUT2D eigenvalue weighted by Crippen LogP contribution is -2.39. The van der Waals surface area contributed by atoms with Gasteiger partial charge in [-0.15, -0.1) is 0 Å². The van der Waals surface area contributed by atoms with Crippen LogP contribution in [-0.2, 0) is 4.79 Å². The van der Waals surface area contributed by atoms with Gasteiger partial charge in [0.25, 0.3) is 0 Å². The third kappa shape index (κ3) is 2.78. The molecule has 0 bridgehead atoms. The molecule has 3 fully saturated rings. The minimum Gasteiger partial charge on any atom is -0.333 e. The van der Waals surface area contributed by atoms with Gasteiger partial charge in [0.05, 0.1) is 6.04 Å². The summed E-state index contributed by atoms with van der Waals surface area (Å²) in [7, 11) is 0. The van der Waals surface area contributed by atoms with Gasteiger partial charge in [-0.3, -0.25) is 4.79 Å². The van der Waals surface area contributed by atoms with Gasteiger partial charge in [-0.1, -0.05) is 29.8 Å². The lowest BCUT2D eigenvalue weighted by atomic mass is 9.91. The van der Waals surface area contributed by atoms with Crippen molar-refractivity contribution < 1.29 is 4.79 Å². The van der Waals surface area contributed by atoms with E-state index in [-0.39, 0.29) is 12.0 Å². The van der Waals surface area contributed by atoms with E-state index >= 15 is 0 Å². The molecule has 2 unspecified atom stereocenters. The van der Waals surface area contributed by atoms with Crippen molar-refractivity contribution in [2.24, 2.45) is 11.3 Å². The molecule has 1 aromatic carbocycles. The molecule has 3 nitrogen and oxygen atoms in total. The number of nitrogens with zero attached hydrogens (tertiary/aromatic N) is 1. The minimum atomic E-state index is 0.0723. The zero-order valence-electron chi connectivity index (χ0n) is 13.7. The molecule has 2 saturated carbocycles. The first-order valence-corrected chi connectivity index (χ1v) is 9.27. The van der Waals surface area contributed by atoms with E-state index < -0.39 is 0 Å². The van der Waals surface area contributed by atoms with Crippen LogP contribution < -0.4 is 5.32 Å². The molecule has 3 aliphatic rings. The van der Waals surface area contributed by atoms with Gasteiger partial charge in [-0.25, -0.2) is 0 Å². The van der Waals surface area contributed by atoms with Gasteiger partial charge in [0.1, 0.15) is 0 Å². The average molecular weight is 333 g/mol.